The van der Waals surface area contributed by atoms with Gasteiger partial charge in [0.1, 0.15) is 0 Å². The van der Waals surface area contributed by atoms with Crippen molar-refractivity contribution in [3.8, 4) is 0 Å². The van der Waals surface area contributed by atoms with Crippen LogP contribution < -0.4 is 0 Å². The van der Waals surface area contributed by atoms with Gasteiger partial charge in [0.05, 0.1) is 0 Å². The molecule has 0 N–H and O–H groups in total. The summed E-state index contributed by atoms with van der Waals surface area (Å²) in [6.07, 6.45) is 2.57. The molecular weight excluding hydrogens is 254 g/mol. The highest BCUT2D eigenvalue weighted by atomic mass is 15.1. The molecule has 2 aromatic rings. The van der Waals surface area contributed by atoms with E-state index in [2.05, 4.69) is 67.3 Å². The van der Waals surface area contributed by atoms with Gasteiger partial charge in [-0.05, 0) is 68.0 Å². The van der Waals surface area contributed by atoms with E-state index in [4.69, 9.17) is 0 Å². The lowest BCUT2D eigenvalue weighted by atomic mass is 9.88. The molecule has 1 heterocycles. The summed E-state index contributed by atoms with van der Waals surface area (Å²) in [6.45, 7) is 7.95. The second-order valence-electron chi connectivity index (χ2n) is 6.38. The zero-order chi connectivity index (χ0) is 14.7. The first kappa shape index (κ1) is 14.3. The van der Waals surface area contributed by atoms with Gasteiger partial charge in [-0.25, -0.2) is 0 Å². The Labute approximate surface area is 128 Å². The van der Waals surface area contributed by atoms with Gasteiger partial charge < -0.3 is 0 Å². The van der Waals surface area contributed by atoms with Gasteiger partial charge in [-0.3, -0.25) is 4.90 Å². The van der Waals surface area contributed by atoms with Crippen molar-refractivity contribution in [2.75, 3.05) is 13.1 Å². The Hall–Kier alpha value is -1.60. The van der Waals surface area contributed by atoms with Crippen molar-refractivity contribution in [2.24, 2.45) is 0 Å². The van der Waals surface area contributed by atoms with Crippen LogP contribution in [-0.2, 0) is 6.54 Å². The minimum Gasteiger partial charge on any atom is -0.299 e. The van der Waals surface area contributed by atoms with Crippen molar-refractivity contribution in [2.45, 2.75) is 39.2 Å². The van der Waals surface area contributed by atoms with E-state index in [1.54, 1.807) is 0 Å². The number of nitrogens with zero attached hydrogens (tertiary/aromatic N) is 1. The van der Waals surface area contributed by atoms with Gasteiger partial charge >= 0.3 is 0 Å². The van der Waals surface area contributed by atoms with Gasteiger partial charge in [0, 0.05) is 6.54 Å². The zero-order valence-electron chi connectivity index (χ0n) is 13.2. The smallest absolute Gasteiger partial charge is 0.0233 e. The van der Waals surface area contributed by atoms with Crippen LogP contribution in [0.25, 0.3) is 0 Å². The van der Waals surface area contributed by atoms with Gasteiger partial charge in [-0.15, -0.1) is 0 Å². The second kappa shape index (κ2) is 6.44. The Kier molecular flexibility index (Phi) is 4.40. The van der Waals surface area contributed by atoms with Crippen molar-refractivity contribution >= 4 is 0 Å². The molecule has 1 nitrogen and oxygen atoms in total. The molecule has 0 spiro atoms. The minimum atomic E-state index is 0.747. The normalized spacial score (nSPS) is 17.0. The van der Waals surface area contributed by atoms with E-state index in [1.807, 2.05) is 0 Å². The van der Waals surface area contributed by atoms with Crippen molar-refractivity contribution in [1.82, 2.24) is 4.90 Å². The lowest BCUT2D eigenvalue weighted by Crippen LogP contribution is -2.32. The molecule has 21 heavy (non-hydrogen) atoms. The predicted octanol–water partition coefficient (Wildman–Crippen LogP) is 4.68. The molecule has 0 radical (unpaired) electrons. The topological polar surface area (TPSA) is 3.24 Å². The van der Waals surface area contributed by atoms with E-state index < -0.39 is 0 Å². The van der Waals surface area contributed by atoms with Crippen molar-refractivity contribution in [3.05, 3.63) is 70.8 Å². The average molecular weight is 279 g/mol. The number of hydrogen-bond donors (Lipinski definition) is 0. The summed E-state index contributed by atoms with van der Waals surface area (Å²) < 4.78 is 0. The Morgan fingerprint density at radius 2 is 1.62 bits per heavy atom. The van der Waals surface area contributed by atoms with Crippen LogP contribution in [0.4, 0.5) is 0 Å². The van der Waals surface area contributed by atoms with E-state index >= 15 is 0 Å². The summed E-state index contributed by atoms with van der Waals surface area (Å²) in [5, 5.41) is 0. The van der Waals surface area contributed by atoms with Gasteiger partial charge in [-0.1, -0.05) is 48.5 Å². The van der Waals surface area contributed by atoms with E-state index in [0.717, 1.165) is 12.5 Å². The Morgan fingerprint density at radius 3 is 2.29 bits per heavy atom. The van der Waals surface area contributed by atoms with Crippen LogP contribution in [-0.4, -0.2) is 18.0 Å². The lowest BCUT2D eigenvalue weighted by molar-refractivity contribution is 0.204. The van der Waals surface area contributed by atoms with Crippen LogP contribution >= 0.6 is 0 Å². The monoisotopic (exact) mass is 279 g/mol. The maximum Gasteiger partial charge on any atom is 0.0233 e. The number of rotatable bonds is 3. The fraction of sp³-hybridized carbons (Fsp3) is 0.400. The summed E-state index contributed by atoms with van der Waals surface area (Å²) in [5.74, 6) is 0.747. The molecule has 2 aromatic carbocycles. The molecule has 0 amide bonds. The van der Waals surface area contributed by atoms with E-state index in [9.17, 15) is 0 Å². The molecule has 0 bridgehead atoms. The number of likely N-dealkylation sites (tertiary alicyclic amines) is 1. The van der Waals surface area contributed by atoms with Crippen LogP contribution in [0.2, 0.25) is 0 Å². The third-order valence-corrected chi connectivity index (χ3v) is 4.84. The molecule has 110 valence electrons. The summed E-state index contributed by atoms with van der Waals surface area (Å²) >= 11 is 0. The first-order valence-electron chi connectivity index (χ1n) is 8.06. The highest BCUT2D eigenvalue weighted by molar-refractivity contribution is 5.32. The van der Waals surface area contributed by atoms with Crippen LogP contribution in [0.5, 0.6) is 0 Å². The first-order valence-corrected chi connectivity index (χ1v) is 8.06. The Morgan fingerprint density at radius 1 is 0.905 bits per heavy atom. The summed E-state index contributed by atoms with van der Waals surface area (Å²) in [6, 6.07) is 17.8. The van der Waals surface area contributed by atoms with Crippen LogP contribution in [0, 0.1) is 13.8 Å². The average Bonchev–Trinajstić information content (AvgIpc) is 2.52. The fourth-order valence-corrected chi connectivity index (χ4v) is 3.28. The van der Waals surface area contributed by atoms with E-state index in [0.29, 0.717) is 0 Å². The predicted molar refractivity (Wildman–Crippen MR) is 89.6 cm³/mol. The number of piperidine rings is 1. The number of hydrogen-bond acceptors (Lipinski definition) is 1. The molecule has 0 aromatic heterocycles. The van der Waals surface area contributed by atoms with Crippen molar-refractivity contribution < 1.29 is 0 Å². The van der Waals surface area contributed by atoms with Crippen LogP contribution in [0.3, 0.4) is 0 Å². The van der Waals surface area contributed by atoms with Crippen LogP contribution in [0.15, 0.2) is 48.5 Å². The highest BCUT2D eigenvalue weighted by Crippen LogP contribution is 2.29. The molecular formula is C20H25N. The fourth-order valence-electron chi connectivity index (χ4n) is 3.28. The third-order valence-electron chi connectivity index (χ3n) is 4.84. The maximum atomic E-state index is 2.59. The lowest BCUT2D eigenvalue weighted by Gasteiger charge is -2.32. The quantitative estimate of drug-likeness (QED) is 0.788. The Bertz CT molecular complexity index is 580. The molecule has 3 rings (SSSR count). The van der Waals surface area contributed by atoms with Crippen LogP contribution in [0.1, 0.15) is 41.0 Å². The molecule has 0 aliphatic carbocycles. The second-order valence-corrected chi connectivity index (χ2v) is 6.38. The van der Waals surface area contributed by atoms with Crippen molar-refractivity contribution in [3.63, 3.8) is 0 Å². The van der Waals surface area contributed by atoms with Gasteiger partial charge in [0.25, 0.3) is 0 Å². The van der Waals surface area contributed by atoms with Gasteiger partial charge in [0.15, 0.2) is 0 Å². The third kappa shape index (κ3) is 3.54. The first-order chi connectivity index (χ1) is 10.2. The number of aryl methyl sites for hydroxylation is 2. The Balaban J connectivity index is 1.58. The molecule has 1 aliphatic rings. The number of benzene rings is 2. The van der Waals surface area contributed by atoms with Crippen molar-refractivity contribution in [1.29, 1.82) is 0 Å². The summed E-state index contributed by atoms with van der Waals surface area (Å²) in [4.78, 5) is 2.59. The van der Waals surface area contributed by atoms with E-state index in [-0.39, 0.29) is 0 Å². The molecule has 1 fully saturated rings. The SMILES string of the molecule is Cc1ccc(C2CCN(Cc3ccccc3)CC2)cc1C. The van der Waals surface area contributed by atoms with Gasteiger partial charge in [-0.2, -0.15) is 0 Å². The van der Waals surface area contributed by atoms with E-state index in [1.165, 1.54) is 48.2 Å². The molecule has 0 atom stereocenters. The summed E-state index contributed by atoms with van der Waals surface area (Å²) in [7, 11) is 0. The summed E-state index contributed by atoms with van der Waals surface area (Å²) in [5.41, 5.74) is 5.80. The molecule has 1 aliphatic heterocycles. The molecule has 1 heteroatoms. The molecule has 0 saturated carbocycles. The van der Waals surface area contributed by atoms with Gasteiger partial charge in [0.2, 0.25) is 0 Å². The highest BCUT2D eigenvalue weighted by Gasteiger charge is 2.20. The largest absolute Gasteiger partial charge is 0.299 e. The molecule has 0 unspecified atom stereocenters. The maximum absolute atomic E-state index is 2.59. The zero-order valence-corrected chi connectivity index (χ0v) is 13.2. The standard InChI is InChI=1S/C20H25N/c1-16-8-9-20(14-17(16)2)19-10-12-21(13-11-19)15-18-6-4-3-5-7-18/h3-9,14,19H,10-13,15H2,1-2H3. The minimum absolute atomic E-state index is 0.747. The molecule has 1 saturated heterocycles.